The summed E-state index contributed by atoms with van der Waals surface area (Å²) in [5.41, 5.74) is 1.36. The molecule has 3 aliphatic rings. The van der Waals surface area contributed by atoms with Gasteiger partial charge < -0.3 is 18.9 Å². The molecule has 0 aromatic heterocycles. The molecule has 0 spiro atoms. The van der Waals surface area contributed by atoms with Gasteiger partial charge in [0.1, 0.15) is 11.6 Å². The van der Waals surface area contributed by atoms with E-state index < -0.39 is 46.3 Å². The molecule has 0 radical (unpaired) electrons. The Morgan fingerprint density at radius 2 is 0.864 bits per heavy atom. The van der Waals surface area contributed by atoms with Crippen LogP contribution in [0.5, 0.6) is 0 Å². The second kappa shape index (κ2) is 12.0. The summed E-state index contributed by atoms with van der Waals surface area (Å²) in [4.78, 5) is 53.1. The van der Waals surface area contributed by atoms with E-state index in [0.717, 1.165) is 22.3 Å². The lowest BCUT2D eigenvalue weighted by Crippen LogP contribution is -2.39. The summed E-state index contributed by atoms with van der Waals surface area (Å²) in [6.45, 7) is 0. The fourth-order valence-electron chi connectivity index (χ4n) is 7.50. The summed E-state index contributed by atoms with van der Waals surface area (Å²) in [6.07, 6.45) is 0.808. The number of benzene rings is 2. The smallest absolute Gasteiger partial charge is 0.323 e. The van der Waals surface area contributed by atoms with Gasteiger partial charge in [-0.15, -0.1) is 0 Å². The van der Waals surface area contributed by atoms with Crippen LogP contribution in [0.1, 0.15) is 49.7 Å². The zero-order chi connectivity index (χ0) is 31.8. The van der Waals surface area contributed by atoms with Crippen LogP contribution in [0.25, 0.3) is 11.1 Å². The minimum Gasteiger partial charge on any atom is -0.468 e. The van der Waals surface area contributed by atoms with Gasteiger partial charge in [-0.3, -0.25) is 19.2 Å². The van der Waals surface area contributed by atoms with Gasteiger partial charge in [0, 0.05) is 0 Å². The first kappa shape index (κ1) is 31.1. The third-order valence-corrected chi connectivity index (χ3v) is 9.53. The quantitative estimate of drug-likeness (QED) is 0.242. The number of esters is 4. The SMILES string of the molecule is COC(=O)C1(C(=O)OC)C/C2=C(\c3ccc(F)cc3)CC3CC(C(=O)OC)(C(=O)OC)C/C3=C(\c3ccc(F)cc3)CC2C1. The average molecular weight is 609 g/mol. The predicted molar refractivity (Wildman–Crippen MR) is 154 cm³/mol. The van der Waals surface area contributed by atoms with Crippen molar-refractivity contribution in [1.82, 2.24) is 0 Å². The van der Waals surface area contributed by atoms with Gasteiger partial charge in [-0.25, -0.2) is 8.78 Å². The number of fused-ring (bicyclic) bond motifs is 2. The predicted octanol–water partition coefficient (Wildman–Crippen LogP) is 5.45. The fraction of sp³-hybridized carbons (Fsp3) is 0.412. The lowest BCUT2D eigenvalue weighted by molar-refractivity contribution is -0.170. The highest BCUT2D eigenvalue weighted by atomic mass is 19.1. The molecule has 2 aromatic rings. The largest absolute Gasteiger partial charge is 0.468 e. The monoisotopic (exact) mass is 608 g/mol. The van der Waals surface area contributed by atoms with Gasteiger partial charge in [-0.05, 0) is 96.9 Å². The van der Waals surface area contributed by atoms with E-state index in [1.54, 1.807) is 24.3 Å². The highest BCUT2D eigenvalue weighted by Crippen LogP contribution is 2.59. The highest BCUT2D eigenvalue weighted by molar-refractivity contribution is 6.03. The van der Waals surface area contributed by atoms with Crippen molar-refractivity contribution in [2.24, 2.45) is 22.7 Å². The zero-order valence-corrected chi connectivity index (χ0v) is 25.0. The molecule has 2 unspecified atom stereocenters. The third kappa shape index (κ3) is 5.10. The standard InChI is InChI=1S/C34H34F2O8/c1-41-29(37)33(30(38)42-2)15-21-13-26(20-7-11-24(36)12-8-20)28-18-34(31(39)43-3,32(40)44-4)16-22(28)14-25(27(21)17-33)19-5-9-23(35)10-6-19/h5-12,21-22H,13-18H2,1-4H3/b27-25+,28-26+. The summed E-state index contributed by atoms with van der Waals surface area (Å²) in [6, 6.07) is 11.9. The molecule has 2 saturated carbocycles. The van der Waals surface area contributed by atoms with Crippen molar-refractivity contribution in [3.05, 3.63) is 82.4 Å². The van der Waals surface area contributed by atoms with Crippen molar-refractivity contribution in [3.8, 4) is 0 Å². The fourth-order valence-corrected chi connectivity index (χ4v) is 7.50. The third-order valence-electron chi connectivity index (χ3n) is 9.53. The van der Waals surface area contributed by atoms with Crippen molar-refractivity contribution in [2.75, 3.05) is 28.4 Å². The molecule has 232 valence electrons. The van der Waals surface area contributed by atoms with Crippen molar-refractivity contribution in [3.63, 3.8) is 0 Å². The Morgan fingerprint density at radius 3 is 1.14 bits per heavy atom. The van der Waals surface area contributed by atoms with Gasteiger partial charge in [0.2, 0.25) is 0 Å². The Morgan fingerprint density at radius 1 is 0.568 bits per heavy atom. The molecule has 0 N–H and O–H groups in total. The van der Waals surface area contributed by atoms with Crippen molar-refractivity contribution in [1.29, 1.82) is 0 Å². The minimum absolute atomic E-state index is 0.0155. The van der Waals surface area contributed by atoms with Crippen molar-refractivity contribution < 1.29 is 46.9 Å². The second-order valence-corrected chi connectivity index (χ2v) is 11.7. The Bertz CT molecular complexity index is 1400. The zero-order valence-electron chi connectivity index (χ0n) is 25.0. The van der Waals surface area contributed by atoms with E-state index in [0.29, 0.717) is 24.0 Å². The lowest BCUT2D eigenvalue weighted by atomic mass is 9.76. The topological polar surface area (TPSA) is 105 Å². The number of hydrogen-bond donors (Lipinski definition) is 0. The molecule has 10 heteroatoms. The van der Waals surface area contributed by atoms with Crippen LogP contribution in [0.3, 0.4) is 0 Å². The van der Waals surface area contributed by atoms with E-state index in [-0.39, 0.29) is 37.5 Å². The van der Waals surface area contributed by atoms with Crippen molar-refractivity contribution in [2.45, 2.75) is 38.5 Å². The summed E-state index contributed by atoms with van der Waals surface area (Å²) in [7, 11) is 4.88. The Balaban J connectivity index is 1.77. The van der Waals surface area contributed by atoms with Crippen LogP contribution in [0.15, 0.2) is 59.7 Å². The summed E-state index contributed by atoms with van der Waals surface area (Å²) in [5, 5.41) is 0. The second-order valence-electron chi connectivity index (χ2n) is 11.7. The van der Waals surface area contributed by atoms with Crippen molar-refractivity contribution >= 4 is 35.0 Å². The van der Waals surface area contributed by atoms with Gasteiger partial charge >= 0.3 is 23.9 Å². The van der Waals surface area contributed by atoms with Gasteiger partial charge in [0.15, 0.2) is 10.8 Å². The Labute approximate surface area is 254 Å². The minimum atomic E-state index is -1.60. The van der Waals surface area contributed by atoms with Crippen LogP contribution in [0.2, 0.25) is 0 Å². The van der Waals surface area contributed by atoms with E-state index in [4.69, 9.17) is 18.9 Å². The molecule has 3 aliphatic carbocycles. The van der Waals surface area contributed by atoms with E-state index in [9.17, 15) is 28.0 Å². The molecule has 2 aromatic carbocycles. The first-order valence-electron chi connectivity index (χ1n) is 14.3. The van der Waals surface area contributed by atoms with Crippen LogP contribution in [0, 0.1) is 34.3 Å². The molecule has 0 saturated heterocycles. The summed E-state index contributed by atoms with van der Waals surface area (Å²) in [5.74, 6) is -4.48. The van der Waals surface area contributed by atoms with Gasteiger partial charge in [0.05, 0.1) is 28.4 Å². The van der Waals surface area contributed by atoms with E-state index >= 15 is 0 Å². The molecule has 8 nitrogen and oxygen atoms in total. The van der Waals surface area contributed by atoms with Crippen LogP contribution in [-0.4, -0.2) is 52.3 Å². The normalized spacial score (nSPS) is 25.1. The van der Waals surface area contributed by atoms with Crippen LogP contribution in [0.4, 0.5) is 8.78 Å². The number of hydrogen-bond acceptors (Lipinski definition) is 8. The number of ether oxygens (including phenoxy) is 4. The molecule has 5 rings (SSSR count). The molecule has 0 aliphatic heterocycles. The van der Waals surface area contributed by atoms with Crippen LogP contribution in [-0.2, 0) is 38.1 Å². The van der Waals surface area contributed by atoms with Crippen LogP contribution >= 0.6 is 0 Å². The molecular formula is C34H34F2O8. The first-order chi connectivity index (χ1) is 21.0. The van der Waals surface area contributed by atoms with E-state index in [1.807, 2.05) is 0 Å². The Kier molecular flexibility index (Phi) is 8.46. The molecule has 2 fully saturated rings. The lowest BCUT2D eigenvalue weighted by Gasteiger charge is -2.28. The van der Waals surface area contributed by atoms with E-state index in [2.05, 4.69) is 0 Å². The molecular weight excluding hydrogens is 574 g/mol. The first-order valence-corrected chi connectivity index (χ1v) is 14.3. The van der Waals surface area contributed by atoms with E-state index in [1.165, 1.54) is 52.7 Å². The Hall–Kier alpha value is -4.34. The van der Waals surface area contributed by atoms with Gasteiger partial charge in [0.25, 0.3) is 0 Å². The number of allylic oxidation sites excluding steroid dienone is 4. The van der Waals surface area contributed by atoms with Gasteiger partial charge in [-0.1, -0.05) is 35.4 Å². The maximum atomic E-state index is 14.1. The maximum absolute atomic E-state index is 14.1. The molecule has 2 atom stereocenters. The molecule has 0 bridgehead atoms. The number of carbonyl (C=O) groups excluding carboxylic acids is 4. The molecule has 44 heavy (non-hydrogen) atoms. The highest BCUT2D eigenvalue weighted by Gasteiger charge is 2.59. The summed E-state index contributed by atoms with van der Waals surface area (Å²) >= 11 is 0. The summed E-state index contributed by atoms with van der Waals surface area (Å²) < 4.78 is 48.6. The maximum Gasteiger partial charge on any atom is 0.323 e. The number of methoxy groups -OCH3 is 4. The number of carbonyl (C=O) groups is 4. The number of rotatable bonds is 6. The molecule has 0 heterocycles. The molecule has 0 amide bonds. The van der Waals surface area contributed by atoms with Gasteiger partial charge in [-0.2, -0.15) is 0 Å². The number of halogens is 2. The van der Waals surface area contributed by atoms with Crippen LogP contribution < -0.4 is 0 Å². The average Bonchev–Trinajstić information content (AvgIpc) is 3.61.